The molecule has 1 heterocycles. The van der Waals surface area contributed by atoms with Crippen molar-refractivity contribution in [2.24, 2.45) is 11.8 Å². The van der Waals surface area contributed by atoms with Crippen molar-refractivity contribution >= 4 is 23.3 Å². The monoisotopic (exact) mass is 432 g/mol. The van der Waals surface area contributed by atoms with E-state index in [0.717, 1.165) is 23.2 Å². The first-order chi connectivity index (χ1) is 15.1. The number of benzene rings is 2. The normalized spacial score (nSPS) is 18.6. The molecule has 1 aromatic heterocycles. The van der Waals surface area contributed by atoms with Crippen LogP contribution in [0.5, 0.6) is 0 Å². The Hall–Kier alpha value is -2.66. The topological polar surface area (TPSA) is 67.0 Å². The quantitative estimate of drug-likeness (QED) is 0.310. The Morgan fingerprint density at radius 1 is 1.03 bits per heavy atom. The number of thioether (sulfide) groups is 1. The summed E-state index contributed by atoms with van der Waals surface area (Å²) in [5.41, 5.74) is 2.94. The number of oxazole rings is 1. The van der Waals surface area contributed by atoms with Gasteiger partial charge >= 0.3 is 0 Å². The predicted molar refractivity (Wildman–Crippen MR) is 127 cm³/mol. The van der Waals surface area contributed by atoms with Crippen molar-refractivity contribution in [3.8, 4) is 22.6 Å². The van der Waals surface area contributed by atoms with Gasteiger partial charge in [0.15, 0.2) is 11.5 Å². The molecular formula is C26H28N2O2S. The van der Waals surface area contributed by atoms with Crippen LogP contribution >= 0.6 is 11.8 Å². The van der Waals surface area contributed by atoms with Gasteiger partial charge in [-0.25, -0.2) is 4.98 Å². The van der Waals surface area contributed by atoms with Crippen LogP contribution in [0.25, 0.3) is 22.6 Å². The molecule has 0 radical (unpaired) electrons. The first-order valence-corrected chi connectivity index (χ1v) is 12.0. The molecule has 0 bridgehead atoms. The summed E-state index contributed by atoms with van der Waals surface area (Å²) in [4.78, 5) is 17.3. The molecule has 2 atom stereocenters. The Morgan fingerprint density at radius 2 is 1.68 bits per heavy atom. The van der Waals surface area contributed by atoms with Gasteiger partial charge in [0.05, 0.1) is 11.5 Å². The number of hydrogen-bond donors (Lipinski definition) is 1. The van der Waals surface area contributed by atoms with Crippen LogP contribution in [0.1, 0.15) is 39.0 Å². The summed E-state index contributed by atoms with van der Waals surface area (Å²) in [6, 6.07) is 19.8. The van der Waals surface area contributed by atoms with Crippen molar-refractivity contribution in [2.45, 2.75) is 44.3 Å². The number of rotatable bonds is 8. The van der Waals surface area contributed by atoms with E-state index in [1.54, 1.807) is 0 Å². The maximum atomic E-state index is 12.6. The van der Waals surface area contributed by atoms with Crippen LogP contribution in [0.3, 0.4) is 0 Å². The van der Waals surface area contributed by atoms with Gasteiger partial charge in [-0.1, -0.05) is 98.6 Å². The van der Waals surface area contributed by atoms with Crippen molar-refractivity contribution in [3.05, 3.63) is 60.7 Å². The van der Waals surface area contributed by atoms with Crippen molar-refractivity contribution in [1.82, 2.24) is 4.98 Å². The largest absolute Gasteiger partial charge is 0.431 e. The molecule has 1 fully saturated rings. The summed E-state index contributed by atoms with van der Waals surface area (Å²) in [6.07, 6.45) is 5.42. The van der Waals surface area contributed by atoms with Gasteiger partial charge in [-0.2, -0.15) is 0 Å². The zero-order valence-electron chi connectivity index (χ0n) is 17.8. The fourth-order valence-electron chi connectivity index (χ4n) is 4.23. The zero-order chi connectivity index (χ0) is 21.6. The summed E-state index contributed by atoms with van der Waals surface area (Å²) >= 11 is 1.28. The first-order valence-electron chi connectivity index (χ1n) is 11.0. The maximum absolute atomic E-state index is 12.6. The minimum atomic E-state index is -0.122. The van der Waals surface area contributed by atoms with Crippen molar-refractivity contribution in [2.75, 3.05) is 5.75 Å². The number of carbonyl (C=O) groups excluding carboxylic acids is 1. The van der Waals surface area contributed by atoms with E-state index in [1.165, 1.54) is 31.0 Å². The summed E-state index contributed by atoms with van der Waals surface area (Å²) in [5.74, 6) is 1.83. The highest BCUT2D eigenvalue weighted by Crippen LogP contribution is 2.36. The van der Waals surface area contributed by atoms with E-state index >= 15 is 0 Å². The highest BCUT2D eigenvalue weighted by molar-refractivity contribution is 7.99. The lowest BCUT2D eigenvalue weighted by atomic mass is 9.77. The van der Waals surface area contributed by atoms with Gasteiger partial charge in [-0.15, -0.1) is 0 Å². The smallest absolute Gasteiger partial charge is 0.257 e. The van der Waals surface area contributed by atoms with E-state index in [1.807, 2.05) is 60.7 Å². The molecule has 0 spiro atoms. The Morgan fingerprint density at radius 3 is 2.35 bits per heavy atom. The molecule has 31 heavy (non-hydrogen) atoms. The number of ketones is 1. The minimum absolute atomic E-state index is 0.122. The number of aromatic nitrogens is 1. The van der Waals surface area contributed by atoms with Crippen LogP contribution in [0.4, 0.5) is 0 Å². The molecule has 1 aliphatic rings. The maximum Gasteiger partial charge on any atom is 0.257 e. The third kappa shape index (κ3) is 5.34. The lowest BCUT2D eigenvalue weighted by molar-refractivity contribution is -0.111. The molecule has 5 heteroatoms. The third-order valence-corrected chi connectivity index (χ3v) is 6.94. The number of carbonyl (C=O) groups is 1. The van der Waals surface area contributed by atoms with Gasteiger partial charge in [0.25, 0.3) is 5.22 Å². The molecule has 0 amide bonds. The van der Waals surface area contributed by atoms with Crippen LogP contribution in [0.2, 0.25) is 0 Å². The lowest BCUT2D eigenvalue weighted by Gasteiger charge is -2.28. The van der Waals surface area contributed by atoms with Gasteiger partial charge in [0.1, 0.15) is 5.69 Å². The van der Waals surface area contributed by atoms with E-state index in [2.05, 4.69) is 11.9 Å². The summed E-state index contributed by atoms with van der Waals surface area (Å²) in [6.45, 7) is 2.25. The van der Waals surface area contributed by atoms with Crippen molar-refractivity contribution in [1.29, 1.82) is 5.41 Å². The summed E-state index contributed by atoms with van der Waals surface area (Å²) in [5, 5.41) is 8.75. The van der Waals surface area contributed by atoms with Crippen LogP contribution < -0.4 is 0 Å². The molecule has 1 N–H and O–H groups in total. The Balaban J connectivity index is 1.47. The third-order valence-electron chi connectivity index (χ3n) is 6.11. The molecule has 0 saturated heterocycles. The van der Waals surface area contributed by atoms with E-state index in [0.29, 0.717) is 29.2 Å². The molecular weight excluding hydrogens is 404 g/mol. The van der Waals surface area contributed by atoms with E-state index in [4.69, 9.17) is 9.83 Å². The molecule has 2 unspecified atom stereocenters. The number of nitrogens with one attached hydrogen (secondary N) is 1. The fourth-order valence-corrected chi connectivity index (χ4v) is 4.95. The van der Waals surface area contributed by atoms with Gasteiger partial charge in [-0.3, -0.25) is 4.79 Å². The van der Waals surface area contributed by atoms with E-state index in [9.17, 15) is 4.79 Å². The summed E-state index contributed by atoms with van der Waals surface area (Å²) in [7, 11) is 0. The van der Waals surface area contributed by atoms with Crippen molar-refractivity contribution in [3.63, 3.8) is 0 Å². The number of Topliss-reactive ketones (excluding diaryl/α,β-unsaturated/α-hetero) is 1. The second kappa shape index (κ2) is 10.1. The minimum Gasteiger partial charge on any atom is -0.431 e. The number of hydrogen-bond acceptors (Lipinski definition) is 5. The van der Waals surface area contributed by atoms with Gasteiger partial charge < -0.3 is 9.83 Å². The molecule has 1 saturated carbocycles. The Labute approximate surface area is 188 Å². The average molecular weight is 433 g/mol. The summed E-state index contributed by atoms with van der Waals surface area (Å²) < 4.78 is 6.08. The SMILES string of the molecule is CC1CCCCC1CC(=N)C(=O)CSc1nc(-c2ccccc2)c(-c2ccccc2)o1. The van der Waals surface area contributed by atoms with Gasteiger partial charge in [0.2, 0.25) is 0 Å². The van der Waals surface area contributed by atoms with Crippen LogP contribution in [-0.4, -0.2) is 22.2 Å². The Kier molecular flexibility index (Phi) is 7.03. The van der Waals surface area contributed by atoms with E-state index in [-0.39, 0.29) is 17.2 Å². The standard InChI is InChI=1S/C26H28N2O2S/c1-18-10-8-9-15-21(18)16-22(27)23(29)17-31-26-28-24(19-11-4-2-5-12-19)25(30-26)20-13-6-3-7-14-20/h2-7,11-14,18,21,27H,8-10,15-17H2,1H3. The van der Waals surface area contributed by atoms with Crippen LogP contribution in [0, 0.1) is 17.2 Å². The predicted octanol–water partition coefficient (Wildman–Crippen LogP) is 6.91. The number of nitrogens with zero attached hydrogens (tertiary/aromatic N) is 1. The van der Waals surface area contributed by atoms with Crippen molar-refractivity contribution < 1.29 is 9.21 Å². The molecule has 4 nitrogen and oxygen atoms in total. The molecule has 2 aromatic carbocycles. The van der Waals surface area contributed by atoms with Crippen LogP contribution in [-0.2, 0) is 4.79 Å². The molecule has 0 aliphatic heterocycles. The zero-order valence-corrected chi connectivity index (χ0v) is 18.7. The Bertz CT molecular complexity index is 973. The lowest BCUT2D eigenvalue weighted by Crippen LogP contribution is -2.24. The second-order valence-electron chi connectivity index (χ2n) is 8.31. The average Bonchev–Trinajstić information content (AvgIpc) is 3.24. The second-order valence-corrected chi connectivity index (χ2v) is 9.23. The van der Waals surface area contributed by atoms with Crippen LogP contribution in [0.15, 0.2) is 70.3 Å². The molecule has 1 aliphatic carbocycles. The highest BCUT2D eigenvalue weighted by Gasteiger charge is 2.25. The highest BCUT2D eigenvalue weighted by atomic mass is 32.2. The molecule has 3 aromatic rings. The molecule has 4 rings (SSSR count). The fraction of sp³-hybridized carbons (Fsp3) is 0.346. The molecule has 160 valence electrons. The van der Waals surface area contributed by atoms with Gasteiger partial charge in [0, 0.05) is 11.1 Å². The first kappa shape index (κ1) is 21.6. The van der Waals surface area contributed by atoms with Gasteiger partial charge in [-0.05, 0) is 24.7 Å². The van der Waals surface area contributed by atoms with E-state index < -0.39 is 0 Å².